The van der Waals surface area contributed by atoms with Crippen LogP contribution in [-0.2, 0) is 18.4 Å². The lowest BCUT2D eigenvalue weighted by Crippen LogP contribution is -2.18. The molecule has 0 saturated carbocycles. The minimum absolute atomic E-state index is 0.114. The molecule has 0 radical (unpaired) electrons. The van der Waals surface area contributed by atoms with E-state index in [9.17, 15) is 4.79 Å². The summed E-state index contributed by atoms with van der Waals surface area (Å²) in [5.41, 5.74) is 8.56. The number of anilines is 1. The number of aryl methyl sites for hydroxylation is 2. The van der Waals surface area contributed by atoms with Crippen LogP contribution in [0.5, 0.6) is 5.75 Å². The Labute approximate surface area is 277 Å². The SMILES string of the molecule is CC(=O)c1nccc(COc2ccc(C(C)(C)c3ccc(CCCCCCCCCCCNc4cccc(C)c4C)cc3)cc2)n1. The number of benzene rings is 3. The van der Waals surface area contributed by atoms with E-state index in [2.05, 4.69) is 97.6 Å². The molecule has 5 nitrogen and oxygen atoms in total. The first kappa shape index (κ1) is 34.9. The van der Waals surface area contributed by atoms with Crippen LogP contribution in [0.15, 0.2) is 79.0 Å². The van der Waals surface area contributed by atoms with E-state index in [4.69, 9.17) is 4.74 Å². The fourth-order valence-electron chi connectivity index (χ4n) is 5.88. The molecule has 0 amide bonds. The van der Waals surface area contributed by atoms with E-state index in [1.165, 1.54) is 98.2 Å². The van der Waals surface area contributed by atoms with Gasteiger partial charge in [0.05, 0.1) is 5.69 Å². The maximum absolute atomic E-state index is 11.5. The number of ketones is 1. The highest BCUT2D eigenvalue weighted by molar-refractivity contribution is 5.90. The second kappa shape index (κ2) is 17.6. The second-order valence-corrected chi connectivity index (χ2v) is 13.2. The van der Waals surface area contributed by atoms with Gasteiger partial charge in [-0.25, -0.2) is 9.97 Å². The molecule has 5 heteroatoms. The number of rotatable bonds is 19. The van der Waals surface area contributed by atoms with E-state index in [-0.39, 0.29) is 17.0 Å². The summed E-state index contributed by atoms with van der Waals surface area (Å²) in [6.07, 6.45) is 14.7. The van der Waals surface area contributed by atoms with Crippen molar-refractivity contribution in [2.75, 3.05) is 11.9 Å². The zero-order valence-electron chi connectivity index (χ0n) is 28.7. The van der Waals surface area contributed by atoms with Crippen LogP contribution in [0.25, 0.3) is 0 Å². The predicted molar refractivity (Wildman–Crippen MR) is 191 cm³/mol. The monoisotopic (exact) mass is 619 g/mol. The number of unbranched alkanes of at least 4 members (excludes halogenated alkanes) is 8. The highest BCUT2D eigenvalue weighted by atomic mass is 16.5. The molecular weight excluding hydrogens is 566 g/mol. The fraction of sp³-hybridized carbons (Fsp3) is 0.439. The van der Waals surface area contributed by atoms with Crippen molar-refractivity contribution in [3.8, 4) is 5.75 Å². The van der Waals surface area contributed by atoms with E-state index in [0.29, 0.717) is 12.3 Å². The van der Waals surface area contributed by atoms with Crippen LogP contribution in [0, 0.1) is 13.8 Å². The van der Waals surface area contributed by atoms with E-state index < -0.39 is 0 Å². The van der Waals surface area contributed by atoms with Gasteiger partial charge in [0.1, 0.15) is 12.4 Å². The fourth-order valence-corrected chi connectivity index (χ4v) is 5.88. The van der Waals surface area contributed by atoms with Gasteiger partial charge in [0, 0.05) is 30.8 Å². The molecule has 0 unspecified atom stereocenters. The topological polar surface area (TPSA) is 64.1 Å². The first-order valence-corrected chi connectivity index (χ1v) is 17.2. The molecule has 0 aliphatic heterocycles. The lowest BCUT2D eigenvalue weighted by Gasteiger charge is -2.26. The number of nitrogens with one attached hydrogen (secondary N) is 1. The molecule has 0 fully saturated rings. The third kappa shape index (κ3) is 10.5. The average molecular weight is 620 g/mol. The Morgan fingerprint density at radius 3 is 2.02 bits per heavy atom. The highest BCUT2D eigenvalue weighted by Crippen LogP contribution is 2.33. The van der Waals surface area contributed by atoms with Gasteiger partial charge >= 0.3 is 0 Å². The quantitative estimate of drug-likeness (QED) is 0.0836. The van der Waals surface area contributed by atoms with Crippen molar-refractivity contribution in [3.05, 3.63) is 118 Å². The van der Waals surface area contributed by atoms with Crippen LogP contribution in [0.1, 0.15) is 123 Å². The lowest BCUT2D eigenvalue weighted by molar-refractivity contribution is 0.100. The first-order valence-electron chi connectivity index (χ1n) is 17.2. The summed E-state index contributed by atoms with van der Waals surface area (Å²) in [6.45, 7) is 11.7. The molecule has 4 aromatic rings. The number of aromatic nitrogens is 2. The minimum Gasteiger partial charge on any atom is -0.487 e. The van der Waals surface area contributed by atoms with Gasteiger partial charge in [-0.2, -0.15) is 0 Å². The van der Waals surface area contributed by atoms with Crippen molar-refractivity contribution < 1.29 is 9.53 Å². The highest BCUT2D eigenvalue weighted by Gasteiger charge is 2.23. The van der Waals surface area contributed by atoms with Crippen LogP contribution in [0.4, 0.5) is 5.69 Å². The summed E-state index contributed by atoms with van der Waals surface area (Å²) in [5.74, 6) is 0.840. The Hall–Kier alpha value is -3.99. The standard InChI is InChI=1S/C41H53N3O2/c1-31-16-15-18-39(32(31)2)42-28-14-12-10-8-6-7-9-11-13-17-34-19-21-35(22-20-34)41(4,5)36-23-25-38(26-24-36)46-30-37-27-29-43-40(44-37)33(3)45/h15-16,18-27,29,42H,6-14,17,28,30H2,1-5H3. The molecule has 0 aliphatic carbocycles. The molecule has 1 N–H and O–H groups in total. The first-order chi connectivity index (χ1) is 22.2. The molecule has 3 aromatic carbocycles. The molecule has 0 spiro atoms. The van der Waals surface area contributed by atoms with Crippen molar-refractivity contribution in [2.24, 2.45) is 0 Å². The number of hydrogen-bond acceptors (Lipinski definition) is 5. The summed E-state index contributed by atoms with van der Waals surface area (Å²) in [5, 5.41) is 3.61. The summed E-state index contributed by atoms with van der Waals surface area (Å²) < 4.78 is 5.92. The normalized spacial score (nSPS) is 11.4. The van der Waals surface area contributed by atoms with Gasteiger partial charge in [0.25, 0.3) is 0 Å². The molecule has 0 atom stereocenters. The lowest BCUT2D eigenvalue weighted by atomic mass is 9.78. The van der Waals surface area contributed by atoms with Gasteiger partial charge < -0.3 is 10.1 Å². The largest absolute Gasteiger partial charge is 0.487 e. The van der Waals surface area contributed by atoms with Crippen molar-refractivity contribution in [2.45, 2.75) is 111 Å². The smallest absolute Gasteiger partial charge is 0.196 e. The maximum atomic E-state index is 11.5. The van der Waals surface area contributed by atoms with E-state index in [1.54, 1.807) is 12.3 Å². The van der Waals surface area contributed by atoms with Gasteiger partial charge in [-0.3, -0.25) is 4.79 Å². The summed E-state index contributed by atoms with van der Waals surface area (Å²) in [4.78, 5) is 19.8. The third-order valence-corrected chi connectivity index (χ3v) is 9.23. The number of hydrogen-bond donors (Lipinski definition) is 1. The third-order valence-electron chi connectivity index (χ3n) is 9.23. The van der Waals surface area contributed by atoms with Crippen LogP contribution in [0.3, 0.4) is 0 Å². The molecule has 4 rings (SSSR count). The van der Waals surface area contributed by atoms with Crippen LogP contribution in [0.2, 0.25) is 0 Å². The van der Waals surface area contributed by atoms with Crippen LogP contribution >= 0.6 is 0 Å². The molecule has 1 aromatic heterocycles. The Bertz CT molecular complexity index is 1510. The number of carbonyl (C=O) groups is 1. The van der Waals surface area contributed by atoms with Crippen molar-refractivity contribution in [1.29, 1.82) is 0 Å². The predicted octanol–water partition coefficient (Wildman–Crippen LogP) is 10.4. The Kier molecular flexibility index (Phi) is 13.4. The van der Waals surface area contributed by atoms with E-state index in [0.717, 1.165) is 18.7 Å². The zero-order valence-corrected chi connectivity index (χ0v) is 28.7. The van der Waals surface area contributed by atoms with Crippen LogP contribution in [-0.4, -0.2) is 22.3 Å². The second-order valence-electron chi connectivity index (χ2n) is 13.2. The molecule has 46 heavy (non-hydrogen) atoms. The molecular formula is C41H53N3O2. The maximum Gasteiger partial charge on any atom is 0.196 e. The Morgan fingerprint density at radius 2 is 1.37 bits per heavy atom. The van der Waals surface area contributed by atoms with E-state index >= 15 is 0 Å². The summed E-state index contributed by atoms with van der Waals surface area (Å²) in [7, 11) is 0. The van der Waals surface area contributed by atoms with Crippen molar-refractivity contribution >= 4 is 11.5 Å². The number of nitrogens with zero attached hydrogens (tertiary/aromatic N) is 2. The van der Waals surface area contributed by atoms with E-state index in [1.807, 2.05) is 12.1 Å². The number of carbonyl (C=O) groups excluding carboxylic acids is 1. The molecule has 0 bridgehead atoms. The molecule has 0 aliphatic rings. The minimum atomic E-state index is -0.150. The Morgan fingerprint density at radius 1 is 0.761 bits per heavy atom. The van der Waals surface area contributed by atoms with Crippen molar-refractivity contribution in [1.82, 2.24) is 9.97 Å². The zero-order chi connectivity index (χ0) is 32.8. The summed E-state index contributed by atoms with van der Waals surface area (Å²) in [6, 6.07) is 25.7. The average Bonchev–Trinajstić information content (AvgIpc) is 3.06. The van der Waals surface area contributed by atoms with Crippen molar-refractivity contribution in [3.63, 3.8) is 0 Å². The Balaban J connectivity index is 1.08. The van der Waals surface area contributed by atoms with Crippen LogP contribution < -0.4 is 10.1 Å². The van der Waals surface area contributed by atoms with Gasteiger partial charge in [0.2, 0.25) is 0 Å². The molecule has 244 valence electrons. The number of Topliss-reactive ketones (excluding diaryl/α,β-unsaturated/α-hetero) is 1. The molecule has 0 saturated heterocycles. The number of ether oxygens (including phenoxy) is 1. The van der Waals surface area contributed by atoms with Gasteiger partial charge in [-0.05, 0) is 85.2 Å². The van der Waals surface area contributed by atoms with Gasteiger partial charge in [-0.1, -0.05) is 107 Å². The van der Waals surface area contributed by atoms with Gasteiger partial charge in [-0.15, -0.1) is 0 Å². The van der Waals surface area contributed by atoms with Gasteiger partial charge in [0.15, 0.2) is 11.6 Å². The summed E-state index contributed by atoms with van der Waals surface area (Å²) >= 11 is 0. The molecule has 1 heterocycles.